The maximum atomic E-state index is 12.5. The number of carbonyl (C=O) groups is 1. The van der Waals surface area contributed by atoms with E-state index in [2.05, 4.69) is 39.8 Å². The van der Waals surface area contributed by atoms with E-state index in [1.54, 1.807) is 0 Å². The zero-order valence-corrected chi connectivity index (χ0v) is 20.9. The van der Waals surface area contributed by atoms with Crippen molar-refractivity contribution in [2.45, 2.75) is 51.7 Å². The number of fused-ring (bicyclic) bond motifs is 1. The Labute approximate surface area is 209 Å². The first-order chi connectivity index (χ1) is 17.0. The molecule has 1 aliphatic heterocycles. The van der Waals surface area contributed by atoms with Gasteiger partial charge in [0.15, 0.2) is 0 Å². The summed E-state index contributed by atoms with van der Waals surface area (Å²) >= 11 is 1.53. The van der Waals surface area contributed by atoms with Gasteiger partial charge in [-0.1, -0.05) is 29.5 Å². The van der Waals surface area contributed by atoms with E-state index in [1.165, 1.54) is 22.5 Å². The van der Waals surface area contributed by atoms with Gasteiger partial charge >= 0.3 is 0 Å². The molecular formula is C27H29N5O2S. The van der Waals surface area contributed by atoms with Crippen LogP contribution in [0, 0.1) is 11.3 Å². The van der Waals surface area contributed by atoms with Gasteiger partial charge in [-0.25, -0.2) is 0 Å². The van der Waals surface area contributed by atoms with Crippen molar-refractivity contribution in [2.24, 2.45) is 0 Å². The lowest BCUT2D eigenvalue weighted by atomic mass is 10.0. The molecular weight excluding hydrogens is 458 g/mol. The predicted octanol–water partition coefficient (Wildman–Crippen LogP) is 4.73. The number of hydrogen-bond acceptors (Lipinski definition) is 7. The molecule has 2 aromatic carbocycles. The summed E-state index contributed by atoms with van der Waals surface area (Å²) in [6.45, 7) is 6.03. The minimum Gasteiger partial charge on any atom is -0.490 e. The van der Waals surface area contributed by atoms with Crippen molar-refractivity contribution in [3.8, 4) is 33.0 Å². The van der Waals surface area contributed by atoms with E-state index < -0.39 is 0 Å². The monoisotopic (exact) mass is 487 g/mol. The predicted molar refractivity (Wildman–Crippen MR) is 136 cm³/mol. The van der Waals surface area contributed by atoms with Crippen molar-refractivity contribution in [2.75, 3.05) is 19.6 Å². The summed E-state index contributed by atoms with van der Waals surface area (Å²) in [5.41, 5.74) is 4.97. The number of ether oxygens (including phenoxy) is 1. The van der Waals surface area contributed by atoms with Gasteiger partial charge in [0.2, 0.25) is 5.91 Å². The maximum Gasteiger partial charge on any atom is 0.236 e. The number of hydrogen-bond donors (Lipinski definition) is 1. The Morgan fingerprint density at radius 3 is 2.80 bits per heavy atom. The van der Waals surface area contributed by atoms with E-state index in [-0.39, 0.29) is 18.1 Å². The Hall–Kier alpha value is -3.28. The minimum atomic E-state index is -0.00193. The second kappa shape index (κ2) is 10.1. The normalized spacial score (nSPS) is 17.0. The van der Waals surface area contributed by atoms with Gasteiger partial charge in [0.25, 0.3) is 0 Å². The van der Waals surface area contributed by atoms with Crippen LogP contribution >= 0.6 is 11.3 Å². The number of carbonyl (C=O) groups excluding carboxylic acids is 1. The lowest BCUT2D eigenvalue weighted by molar-refractivity contribution is -0.129. The zero-order chi connectivity index (χ0) is 24.4. The fourth-order valence-electron chi connectivity index (χ4n) is 4.91. The van der Waals surface area contributed by atoms with Gasteiger partial charge in [-0.2, -0.15) is 5.26 Å². The third kappa shape index (κ3) is 4.93. The highest BCUT2D eigenvalue weighted by Crippen LogP contribution is 2.40. The Morgan fingerprint density at radius 1 is 1.23 bits per heavy atom. The summed E-state index contributed by atoms with van der Waals surface area (Å²) in [4.78, 5) is 14.4. The number of amides is 1. The molecule has 1 N–H and O–H groups in total. The van der Waals surface area contributed by atoms with E-state index in [4.69, 9.17) is 4.74 Å². The van der Waals surface area contributed by atoms with Gasteiger partial charge in [0.05, 0.1) is 18.2 Å². The number of nitrogens with one attached hydrogen (secondary N) is 1. The quantitative estimate of drug-likeness (QED) is 0.518. The first kappa shape index (κ1) is 23.5. The molecule has 2 aliphatic rings. The summed E-state index contributed by atoms with van der Waals surface area (Å²) in [5, 5.41) is 23.6. The van der Waals surface area contributed by atoms with Crippen molar-refractivity contribution in [3.05, 3.63) is 53.1 Å². The smallest absolute Gasteiger partial charge is 0.236 e. The number of rotatable bonds is 7. The van der Waals surface area contributed by atoms with Crippen LogP contribution in [0.5, 0.6) is 5.75 Å². The van der Waals surface area contributed by atoms with E-state index in [0.29, 0.717) is 17.9 Å². The zero-order valence-electron chi connectivity index (χ0n) is 20.1. The molecule has 2 heterocycles. The van der Waals surface area contributed by atoms with Crippen LogP contribution in [0.4, 0.5) is 0 Å². The van der Waals surface area contributed by atoms with Gasteiger partial charge in [-0.05, 0) is 68.9 Å². The molecule has 35 heavy (non-hydrogen) atoms. The third-order valence-electron chi connectivity index (χ3n) is 6.59. The molecule has 0 saturated carbocycles. The van der Waals surface area contributed by atoms with E-state index in [1.807, 2.05) is 36.9 Å². The lowest BCUT2D eigenvalue weighted by Gasteiger charge is -2.19. The van der Waals surface area contributed by atoms with E-state index in [9.17, 15) is 10.1 Å². The van der Waals surface area contributed by atoms with E-state index >= 15 is 0 Å². The van der Waals surface area contributed by atoms with Gasteiger partial charge in [0.1, 0.15) is 21.8 Å². The van der Waals surface area contributed by atoms with Crippen molar-refractivity contribution in [1.29, 1.82) is 5.26 Å². The van der Waals surface area contributed by atoms with Crippen LogP contribution in [-0.4, -0.2) is 46.7 Å². The maximum absolute atomic E-state index is 12.5. The Balaban J connectivity index is 1.34. The van der Waals surface area contributed by atoms with Crippen LogP contribution in [0.1, 0.15) is 55.8 Å². The van der Waals surface area contributed by atoms with Gasteiger partial charge in [-0.3, -0.25) is 4.79 Å². The average molecular weight is 488 g/mol. The highest BCUT2D eigenvalue weighted by molar-refractivity contribution is 7.17. The fraction of sp³-hybridized carbons (Fsp3) is 0.407. The lowest BCUT2D eigenvalue weighted by Crippen LogP contribution is -2.37. The Bertz CT molecular complexity index is 1270. The van der Waals surface area contributed by atoms with Crippen molar-refractivity contribution in [1.82, 2.24) is 20.4 Å². The number of aromatic nitrogens is 2. The first-order valence-corrected chi connectivity index (χ1v) is 13.0. The molecule has 180 valence electrons. The standard InChI is InChI=1S/C27H29N5O2S/c1-17(2)34-24-11-8-18(14-19(24)15-28)26-30-31-27(35-26)22-7-5-6-21-20(22)9-10-23(21)29-16-25(33)32-12-3-4-13-32/h5-8,11,14,17,23,29H,3-4,9-10,12-13,16H2,1-2H3. The molecule has 0 bridgehead atoms. The highest BCUT2D eigenvalue weighted by atomic mass is 32.1. The Morgan fingerprint density at radius 2 is 2.03 bits per heavy atom. The van der Waals surface area contributed by atoms with Gasteiger partial charge in [0, 0.05) is 30.3 Å². The summed E-state index contributed by atoms with van der Waals surface area (Å²) in [5.74, 6) is 0.779. The first-order valence-electron chi connectivity index (χ1n) is 12.2. The second-order valence-electron chi connectivity index (χ2n) is 9.34. The fourth-order valence-corrected chi connectivity index (χ4v) is 5.80. The molecule has 7 nitrogen and oxygen atoms in total. The molecule has 1 fully saturated rings. The number of nitrogens with zero attached hydrogens (tertiary/aromatic N) is 4. The molecule has 1 atom stereocenters. The summed E-state index contributed by atoms with van der Waals surface area (Å²) < 4.78 is 5.74. The van der Waals surface area contributed by atoms with Crippen LogP contribution < -0.4 is 10.1 Å². The van der Waals surface area contributed by atoms with Crippen molar-refractivity contribution >= 4 is 17.2 Å². The molecule has 1 saturated heterocycles. The molecule has 1 aromatic heterocycles. The highest BCUT2D eigenvalue weighted by Gasteiger charge is 2.27. The molecule has 3 aromatic rings. The van der Waals surface area contributed by atoms with Crippen LogP contribution in [-0.2, 0) is 11.2 Å². The molecule has 1 amide bonds. The summed E-state index contributed by atoms with van der Waals surface area (Å²) in [6, 6.07) is 14.3. The Kier molecular flexibility index (Phi) is 6.80. The minimum absolute atomic E-state index is 0.00193. The van der Waals surface area contributed by atoms with Crippen LogP contribution in [0.3, 0.4) is 0 Å². The number of benzene rings is 2. The van der Waals surface area contributed by atoms with Gasteiger partial charge in [-0.15, -0.1) is 10.2 Å². The van der Waals surface area contributed by atoms with Crippen molar-refractivity contribution in [3.63, 3.8) is 0 Å². The number of nitriles is 1. The summed E-state index contributed by atoms with van der Waals surface area (Å²) in [7, 11) is 0. The van der Waals surface area contributed by atoms with Crippen LogP contribution in [0.15, 0.2) is 36.4 Å². The molecule has 8 heteroatoms. The number of likely N-dealkylation sites (tertiary alicyclic amines) is 1. The SMILES string of the molecule is CC(C)Oc1ccc(-c2nnc(-c3cccc4c3CCC4NCC(=O)N3CCCC3)s2)cc1C#N. The topological polar surface area (TPSA) is 91.1 Å². The largest absolute Gasteiger partial charge is 0.490 e. The van der Waals surface area contributed by atoms with Crippen LogP contribution in [0.25, 0.3) is 21.1 Å². The van der Waals surface area contributed by atoms with Gasteiger partial charge < -0.3 is 15.0 Å². The molecule has 0 radical (unpaired) electrons. The second-order valence-corrected chi connectivity index (χ2v) is 10.3. The molecule has 0 spiro atoms. The average Bonchev–Trinajstić information content (AvgIpc) is 3.63. The molecule has 5 rings (SSSR count). The summed E-state index contributed by atoms with van der Waals surface area (Å²) in [6.07, 6.45) is 4.12. The molecule has 1 unspecified atom stereocenters. The van der Waals surface area contributed by atoms with Crippen molar-refractivity contribution < 1.29 is 9.53 Å². The van der Waals surface area contributed by atoms with Crippen LogP contribution in [0.2, 0.25) is 0 Å². The van der Waals surface area contributed by atoms with E-state index in [0.717, 1.165) is 59.9 Å². The molecule has 1 aliphatic carbocycles. The third-order valence-corrected chi connectivity index (χ3v) is 7.60.